The first-order valence-electron chi connectivity index (χ1n) is 11.0. The number of thioether (sulfide) groups is 1. The molecule has 0 spiro atoms. The van der Waals surface area contributed by atoms with Gasteiger partial charge in [-0.1, -0.05) is 41.6 Å². The lowest BCUT2D eigenvalue weighted by Crippen LogP contribution is -2.31. The molecule has 1 aliphatic heterocycles. The molecule has 1 fully saturated rings. The number of piperidine rings is 1. The lowest BCUT2D eigenvalue weighted by Gasteiger charge is -2.27. The SMILES string of the molecule is Cc1ccc(-n2c(SCC(=O)NC(C)c3ccc(F)cc3)nnc2N2CCCCC2)cc1. The minimum Gasteiger partial charge on any atom is -0.349 e. The molecule has 0 radical (unpaired) electrons. The predicted molar refractivity (Wildman–Crippen MR) is 126 cm³/mol. The third-order valence-corrected chi connectivity index (χ3v) is 6.56. The molecule has 1 unspecified atom stereocenters. The van der Waals surface area contributed by atoms with Crippen LogP contribution in [0.15, 0.2) is 53.7 Å². The summed E-state index contributed by atoms with van der Waals surface area (Å²) >= 11 is 1.37. The molecule has 1 amide bonds. The molecule has 1 aliphatic rings. The molecule has 1 saturated heterocycles. The number of aromatic nitrogens is 3. The van der Waals surface area contributed by atoms with E-state index in [0.29, 0.717) is 5.16 Å². The maximum absolute atomic E-state index is 13.1. The number of benzene rings is 2. The predicted octanol–water partition coefficient (Wildman–Crippen LogP) is 4.67. The fourth-order valence-corrected chi connectivity index (χ4v) is 4.58. The molecule has 0 aliphatic carbocycles. The molecular formula is C24H28FN5OS. The van der Waals surface area contributed by atoms with Crippen molar-refractivity contribution in [3.8, 4) is 5.69 Å². The standard InChI is InChI=1S/C24H28FN5OS/c1-17-6-12-21(13-7-17)30-23(29-14-4-3-5-15-29)27-28-24(30)32-16-22(31)26-18(2)19-8-10-20(25)11-9-19/h6-13,18H,3-5,14-16H2,1-2H3,(H,26,31). The minimum absolute atomic E-state index is 0.107. The number of aryl methyl sites for hydroxylation is 1. The first-order valence-corrected chi connectivity index (χ1v) is 11.9. The second-order valence-corrected chi connectivity index (χ2v) is 9.07. The number of rotatable bonds is 7. The molecule has 1 atom stereocenters. The number of amides is 1. The van der Waals surface area contributed by atoms with E-state index in [1.54, 1.807) is 12.1 Å². The maximum Gasteiger partial charge on any atom is 0.232 e. The van der Waals surface area contributed by atoms with E-state index in [1.165, 1.54) is 35.9 Å². The Bertz CT molecular complexity index is 1050. The topological polar surface area (TPSA) is 63.1 Å². The molecular weight excluding hydrogens is 425 g/mol. The Morgan fingerprint density at radius 1 is 1.06 bits per heavy atom. The van der Waals surface area contributed by atoms with Crippen LogP contribution in [0.1, 0.15) is 43.4 Å². The highest BCUT2D eigenvalue weighted by atomic mass is 32.2. The molecule has 2 heterocycles. The summed E-state index contributed by atoms with van der Waals surface area (Å²) in [5.41, 5.74) is 3.04. The number of anilines is 1. The summed E-state index contributed by atoms with van der Waals surface area (Å²) in [4.78, 5) is 14.9. The maximum atomic E-state index is 13.1. The monoisotopic (exact) mass is 453 g/mol. The summed E-state index contributed by atoms with van der Waals surface area (Å²) in [6.45, 7) is 5.87. The van der Waals surface area contributed by atoms with Crippen LogP contribution in [0, 0.1) is 12.7 Å². The number of halogens is 1. The fourth-order valence-electron chi connectivity index (χ4n) is 3.82. The van der Waals surface area contributed by atoms with Crippen molar-refractivity contribution >= 4 is 23.6 Å². The zero-order valence-electron chi connectivity index (χ0n) is 18.4. The summed E-state index contributed by atoms with van der Waals surface area (Å²) in [5, 5.41) is 12.6. The number of hydrogen-bond acceptors (Lipinski definition) is 5. The van der Waals surface area contributed by atoms with Crippen LogP contribution in [-0.4, -0.2) is 39.5 Å². The third-order valence-electron chi connectivity index (χ3n) is 5.63. The normalized spacial score (nSPS) is 14.9. The van der Waals surface area contributed by atoms with E-state index in [9.17, 15) is 9.18 Å². The van der Waals surface area contributed by atoms with Crippen molar-refractivity contribution in [2.24, 2.45) is 0 Å². The molecule has 4 rings (SSSR count). The first-order chi connectivity index (χ1) is 15.5. The average Bonchev–Trinajstić information content (AvgIpc) is 3.23. The Balaban J connectivity index is 1.49. The van der Waals surface area contributed by atoms with Gasteiger partial charge in [-0.15, -0.1) is 10.2 Å². The number of nitrogens with one attached hydrogen (secondary N) is 1. The Hall–Kier alpha value is -2.87. The first kappa shape index (κ1) is 22.3. The van der Waals surface area contributed by atoms with Crippen molar-refractivity contribution < 1.29 is 9.18 Å². The van der Waals surface area contributed by atoms with Crippen molar-refractivity contribution in [2.75, 3.05) is 23.7 Å². The Morgan fingerprint density at radius 3 is 2.44 bits per heavy atom. The van der Waals surface area contributed by atoms with Crippen LogP contribution in [0.25, 0.3) is 5.69 Å². The largest absolute Gasteiger partial charge is 0.349 e. The second-order valence-electron chi connectivity index (χ2n) is 8.13. The van der Waals surface area contributed by atoms with Gasteiger partial charge in [0.2, 0.25) is 11.9 Å². The van der Waals surface area contributed by atoms with Crippen molar-refractivity contribution in [3.63, 3.8) is 0 Å². The van der Waals surface area contributed by atoms with E-state index >= 15 is 0 Å². The zero-order valence-corrected chi connectivity index (χ0v) is 19.2. The van der Waals surface area contributed by atoms with Crippen LogP contribution in [0.5, 0.6) is 0 Å². The summed E-state index contributed by atoms with van der Waals surface area (Å²) in [5.74, 6) is 0.652. The van der Waals surface area contributed by atoms with Crippen molar-refractivity contribution in [2.45, 2.75) is 44.3 Å². The second kappa shape index (κ2) is 10.2. The third kappa shape index (κ3) is 5.30. The van der Waals surface area contributed by atoms with Crippen LogP contribution >= 0.6 is 11.8 Å². The fraction of sp³-hybridized carbons (Fsp3) is 0.375. The summed E-state index contributed by atoms with van der Waals surface area (Å²) in [6, 6.07) is 14.2. The molecule has 6 nitrogen and oxygen atoms in total. The Labute approximate surface area is 192 Å². The van der Waals surface area contributed by atoms with Crippen LogP contribution in [0.4, 0.5) is 10.3 Å². The number of hydrogen-bond donors (Lipinski definition) is 1. The molecule has 1 N–H and O–H groups in total. The van der Waals surface area contributed by atoms with Crippen LogP contribution in [0.3, 0.4) is 0 Å². The van der Waals surface area contributed by atoms with E-state index in [-0.39, 0.29) is 23.5 Å². The highest BCUT2D eigenvalue weighted by Crippen LogP contribution is 2.28. The van der Waals surface area contributed by atoms with Gasteiger partial charge in [0.25, 0.3) is 0 Å². The van der Waals surface area contributed by atoms with Crippen molar-refractivity contribution in [3.05, 3.63) is 65.5 Å². The van der Waals surface area contributed by atoms with E-state index < -0.39 is 0 Å². The molecule has 32 heavy (non-hydrogen) atoms. The van der Waals surface area contributed by atoms with Crippen molar-refractivity contribution in [1.82, 2.24) is 20.1 Å². The molecule has 0 saturated carbocycles. The van der Waals surface area contributed by atoms with Gasteiger partial charge in [0.15, 0.2) is 5.16 Å². The highest BCUT2D eigenvalue weighted by molar-refractivity contribution is 7.99. The highest BCUT2D eigenvalue weighted by Gasteiger charge is 2.22. The molecule has 8 heteroatoms. The lowest BCUT2D eigenvalue weighted by molar-refractivity contribution is -0.119. The van der Waals surface area contributed by atoms with Gasteiger partial charge in [0.05, 0.1) is 17.5 Å². The van der Waals surface area contributed by atoms with Gasteiger partial charge >= 0.3 is 0 Å². The summed E-state index contributed by atoms with van der Waals surface area (Å²) in [7, 11) is 0. The van der Waals surface area contributed by atoms with Gasteiger partial charge in [-0.25, -0.2) is 4.39 Å². The van der Waals surface area contributed by atoms with Gasteiger partial charge < -0.3 is 10.2 Å². The zero-order chi connectivity index (χ0) is 22.5. The van der Waals surface area contributed by atoms with Gasteiger partial charge in [0, 0.05) is 13.1 Å². The molecule has 1 aromatic heterocycles. The summed E-state index contributed by atoms with van der Waals surface area (Å²) < 4.78 is 15.2. The Kier molecular flexibility index (Phi) is 7.09. The molecule has 2 aromatic carbocycles. The van der Waals surface area contributed by atoms with Crippen LogP contribution in [0.2, 0.25) is 0 Å². The van der Waals surface area contributed by atoms with E-state index in [4.69, 9.17) is 0 Å². The smallest absolute Gasteiger partial charge is 0.232 e. The Morgan fingerprint density at radius 2 is 1.75 bits per heavy atom. The van der Waals surface area contributed by atoms with Crippen molar-refractivity contribution in [1.29, 1.82) is 0 Å². The quantitative estimate of drug-likeness (QED) is 0.527. The van der Waals surface area contributed by atoms with Gasteiger partial charge in [0.1, 0.15) is 5.82 Å². The van der Waals surface area contributed by atoms with E-state index in [1.807, 2.05) is 11.5 Å². The molecule has 0 bridgehead atoms. The molecule has 3 aromatic rings. The van der Waals surface area contributed by atoms with Crippen LogP contribution < -0.4 is 10.2 Å². The van der Waals surface area contributed by atoms with Gasteiger partial charge in [-0.2, -0.15) is 0 Å². The minimum atomic E-state index is -0.289. The van der Waals surface area contributed by atoms with E-state index in [0.717, 1.165) is 43.1 Å². The lowest BCUT2D eigenvalue weighted by atomic mass is 10.1. The number of carbonyl (C=O) groups excluding carboxylic acids is 1. The van der Waals surface area contributed by atoms with Gasteiger partial charge in [-0.3, -0.25) is 9.36 Å². The molecule has 168 valence electrons. The van der Waals surface area contributed by atoms with Crippen LogP contribution in [-0.2, 0) is 4.79 Å². The number of carbonyl (C=O) groups is 1. The van der Waals surface area contributed by atoms with E-state index in [2.05, 4.69) is 51.6 Å². The average molecular weight is 454 g/mol. The summed E-state index contributed by atoms with van der Waals surface area (Å²) in [6.07, 6.45) is 3.53. The van der Waals surface area contributed by atoms with Gasteiger partial charge in [-0.05, 0) is 62.9 Å². The number of nitrogens with zero attached hydrogens (tertiary/aromatic N) is 4.